The van der Waals surface area contributed by atoms with Crippen LogP contribution >= 0.6 is 0 Å². The lowest BCUT2D eigenvalue weighted by Crippen LogP contribution is -2.45. The van der Waals surface area contributed by atoms with Crippen LogP contribution in [0.1, 0.15) is 17.0 Å². The maximum atomic E-state index is 12.4. The number of fused-ring (bicyclic) bond motifs is 2. The second kappa shape index (κ2) is 8.05. The van der Waals surface area contributed by atoms with Gasteiger partial charge in [0.15, 0.2) is 0 Å². The van der Waals surface area contributed by atoms with Gasteiger partial charge >= 0.3 is 0 Å². The molecule has 31 heavy (non-hydrogen) atoms. The maximum Gasteiger partial charge on any atom is 0.258 e. The molecular formula is C23H24N6O2. The summed E-state index contributed by atoms with van der Waals surface area (Å²) in [6.07, 6.45) is 3.49. The van der Waals surface area contributed by atoms with Gasteiger partial charge in [0.1, 0.15) is 11.3 Å². The predicted molar refractivity (Wildman–Crippen MR) is 118 cm³/mol. The minimum atomic E-state index is -0.0526. The molecule has 0 N–H and O–H groups in total. The van der Waals surface area contributed by atoms with E-state index in [9.17, 15) is 9.59 Å². The first-order valence-electron chi connectivity index (χ1n) is 10.5. The van der Waals surface area contributed by atoms with E-state index in [-0.39, 0.29) is 11.1 Å². The SMILES string of the molecule is Cc1cccn2c(=O)cc(CN3CCN(Cc4cc(=O)n5ccccc5n4)CC3)nc12. The second-order valence-electron chi connectivity index (χ2n) is 8.04. The molecule has 0 atom stereocenters. The summed E-state index contributed by atoms with van der Waals surface area (Å²) in [4.78, 5) is 38.7. The Morgan fingerprint density at radius 3 is 2.10 bits per heavy atom. The molecule has 8 nitrogen and oxygen atoms in total. The minimum absolute atomic E-state index is 0.0454. The van der Waals surface area contributed by atoms with E-state index >= 15 is 0 Å². The molecule has 0 amide bonds. The zero-order valence-corrected chi connectivity index (χ0v) is 17.4. The number of hydrogen-bond donors (Lipinski definition) is 0. The monoisotopic (exact) mass is 416 g/mol. The number of hydrogen-bond acceptors (Lipinski definition) is 6. The average Bonchev–Trinajstić information content (AvgIpc) is 2.76. The lowest BCUT2D eigenvalue weighted by atomic mass is 10.2. The highest BCUT2D eigenvalue weighted by Crippen LogP contribution is 2.11. The fraction of sp³-hybridized carbons (Fsp3) is 0.304. The predicted octanol–water partition coefficient (Wildman–Crippen LogP) is 1.33. The molecule has 0 bridgehead atoms. The van der Waals surface area contributed by atoms with Crippen molar-refractivity contribution in [1.82, 2.24) is 28.6 Å². The molecule has 158 valence electrons. The van der Waals surface area contributed by atoms with Gasteiger partial charge in [0, 0.05) is 63.8 Å². The van der Waals surface area contributed by atoms with Crippen LogP contribution < -0.4 is 11.1 Å². The van der Waals surface area contributed by atoms with Crippen LogP contribution in [0, 0.1) is 6.92 Å². The Morgan fingerprint density at radius 2 is 1.39 bits per heavy atom. The molecular weight excluding hydrogens is 392 g/mol. The Hall–Kier alpha value is -3.36. The first kappa shape index (κ1) is 19.6. The Bertz CT molecular complexity index is 1370. The van der Waals surface area contributed by atoms with Crippen molar-refractivity contribution in [2.24, 2.45) is 0 Å². The van der Waals surface area contributed by atoms with Crippen molar-refractivity contribution < 1.29 is 0 Å². The molecule has 0 aliphatic carbocycles. The molecule has 8 heteroatoms. The minimum Gasteiger partial charge on any atom is -0.295 e. The van der Waals surface area contributed by atoms with Crippen molar-refractivity contribution in [3.63, 3.8) is 0 Å². The van der Waals surface area contributed by atoms with Gasteiger partial charge in [-0.1, -0.05) is 12.1 Å². The van der Waals surface area contributed by atoms with Gasteiger partial charge in [-0.3, -0.25) is 28.2 Å². The van der Waals surface area contributed by atoms with Crippen LogP contribution in [0.5, 0.6) is 0 Å². The molecule has 1 aliphatic rings. The summed E-state index contributed by atoms with van der Waals surface area (Å²) in [6.45, 7) is 6.79. The quantitative estimate of drug-likeness (QED) is 0.500. The van der Waals surface area contributed by atoms with Gasteiger partial charge in [0.2, 0.25) is 0 Å². The summed E-state index contributed by atoms with van der Waals surface area (Å²) in [7, 11) is 0. The topological polar surface area (TPSA) is 75.2 Å². The summed E-state index contributed by atoms with van der Waals surface area (Å²) in [5.74, 6) is 0. The Kier molecular flexibility index (Phi) is 5.09. The van der Waals surface area contributed by atoms with Gasteiger partial charge in [0.25, 0.3) is 11.1 Å². The zero-order valence-electron chi connectivity index (χ0n) is 17.4. The van der Waals surface area contributed by atoms with Gasteiger partial charge < -0.3 is 0 Å². The molecule has 1 saturated heterocycles. The van der Waals surface area contributed by atoms with Crippen LogP contribution in [-0.4, -0.2) is 54.7 Å². The zero-order chi connectivity index (χ0) is 21.4. The average molecular weight is 416 g/mol. The molecule has 4 aromatic rings. The van der Waals surface area contributed by atoms with Crippen LogP contribution in [0.25, 0.3) is 11.3 Å². The third-order valence-electron chi connectivity index (χ3n) is 5.80. The lowest BCUT2D eigenvalue weighted by Gasteiger charge is -2.34. The van der Waals surface area contributed by atoms with Crippen molar-refractivity contribution in [2.45, 2.75) is 20.0 Å². The van der Waals surface area contributed by atoms with Crippen molar-refractivity contribution in [3.05, 3.63) is 92.5 Å². The number of piperazine rings is 1. The van der Waals surface area contributed by atoms with Crippen molar-refractivity contribution in [3.8, 4) is 0 Å². The molecule has 1 fully saturated rings. The van der Waals surface area contributed by atoms with Gasteiger partial charge in [0.05, 0.1) is 11.4 Å². The lowest BCUT2D eigenvalue weighted by molar-refractivity contribution is 0.120. The smallest absolute Gasteiger partial charge is 0.258 e. The van der Waals surface area contributed by atoms with E-state index in [4.69, 9.17) is 4.98 Å². The van der Waals surface area contributed by atoms with E-state index < -0.39 is 0 Å². The fourth-order valence-electron chi connectivity index (χ4n) is 4.14. The van der Waals surface area contributed by atoms with E-state index in [1.807, 2.05) is 37.3 Å². The highest BCUT2D eigenvalue weighted by atomic mass is 16.1. The van der Waals surface area contributed by atoms with Crippen molar-refractivity contribution >= 4 is 11.3 Å². The maximum absolute atomic E-state index is 12.4. The highest BCUT2D eigenvalue weighted by molar-refractivity contribution is 5.46. The summed E-state index contributed by atoms with van der Waals surface area (Å²) in [6, 6.07) is 12.6. The fourth-order valence-corrected chi connectivity index (χ4v) is 4.14. The molecule has 0 saturated carbocycles. The van der Waals surface area contributed by atoms with Crippen LogP contribution in [0.15, 0.2) is 64.4 Å². The Morgan fingerprint density at radius 1 is 0.774 bits per heavy atom. The van der Waals surface area contributed by atoms with Crippen molar-refractivity contribution in [1.29, 1.82) is 0 Å². The largest absolute Gasteiger partial charge is 0.295 e. The number of aryl methyl sites for hydroxylation is 1. The van der Waals surface area contributed by atoms with E-state index in [1.165, 1.54) is 0 Å². The van der Waals surface area contributed by atoms with Crippen molar-refractivity contribution in [2.75, 3.05) is 26.2 Å². The molecule has 0 radical (unpaired) electrons. The first-order chi connectivity index (χ1) is 15.1. The molecule has 0 unspecified atom stereocenters. The standard InChI is InChI=1S/C23H24N6O2/c1-17-5-4-8-29-22(31)14-19(25-23(17)29)16-27-11-9-26(10-12-27)15-18-13-21(30)28-7-3-2-6-20(28)24-18/h2-8,13-14H,9-12,15-16H2,1H3. The molecule has 0 aromatic carbocycles. The number of rotatable bonds is 4. The molecule has 1 aliphatic heterocycles. The van der Waals surface area contributed by atoms with Gasteiger partial charge in [-0.25, -0.2) is 9.97 Å². The summed E-state index contributed by atoms with van der Waals surface area (Å²) < 4.78 is 3.15. The van der Waals surface area contributed by atoms with Crippen LogP contribution in [0.3, 0.4) is 0 Å². The van der Waals surface area contributed by atoms with E-state index in [0.717, 1.165) is 48.8 Å². The van der Waals surface area contributed by atoms with Gasteiger partial charge in [-0.15, -0.1) is 0 Å². The highest BCUT2D eigenvalue weighted by Gasteiger charge is 2.19. The molecule has 5 rings (SSSR count). The van der Waals surface area contributed by atoms with Gasteiger partial charge in [-0.05, 0) is 30.7 Å². The number of nitrogens with zero attached hydrogens (tertiary/aromatic N) is 6. The number of aromatic nitrogens is 4. The third-order valence-corrected chi connectivity index (χ3v) is 5.80. The Labute approximate surface area is 179 Å². The van der Waals surface area contributed by atoms with E-state index in [2.05, 4.69) is 14.8 Å². The number of pyridine rings is 2. The third kappa shape index (κ3) is 3.99. The molecule has 0 spiro atoms. The first-order valence-corrected chi connectivity index (χ1v) is 10.5. The van der Waals surface area contributed by atoms with E-state index in [0.29, 0.717) is 18.7 Å². The summed E-state index contributed by atoms with van der Waals surface area (Å²) >= 11 is 0. The van der Waals surface area contributed by atoms with Gasteiger partial charge in [-0.2, -0.15) is 0 Å². The molecule has 5 heterocycles. The second-order valence-corrected chi connectivity index (χ2v) is 8.04. The van der Waals surface area contributed by atoms with Crippen LogP contribution in [-0.2, 0) is 13.1 Å². The Balaban J connectivity index is 1.25. The molecule has 4 aromatic heterocycles. The summed E-state index contributed by atoms with van der Waals surface area (Å²) in [5.41, 5.74) is 3.88. The van der Waals surface area contributed by atoms with E-state index in [1.54, 1.807) is 33.3 Å². The van der Waals surface area contributed by atoms with Crippen LogP contribution in [0.4, 0.5) is 0 Å². The summed E-state index contributed by atoms with van der Waals surface area (Å²) in [5, 5.41) is 0. The normalized spacial score (nSPS) is 15.6. The van der Waals surface area contributed by atoms with Crippen LogP contribution in [0.2, 0.25) is 0 Å².